The van der Waals surface area contributed by atoms with Crippen molar-refractivity contribution in [3.05, 3.63) is 36.0 Å². The van der Waals surface area contributed by atoms with Gasteiger partial charge in [-0.15, -0.1) is 0 Å². The Balaban J connectivity index is 1.83. The maximum absolute atomic E-state index is 12.7. The number of piperidine rings is 1. The number of hydrogen-bond acceptors (Lipinski definition) is 4. The maximum atomic E-state index is 12.7. The fourth-order valence-corrected chi connectivity index (χ4v) is 3.10. The Labute approximate surface area is 135 Å². The first-order chi connectivity index (χ1) is 11.1. The molecule has 5 heteroatoms. The normalized spacial score (nSPS) is 19.6. The van der Waals surface area contributed by atoms with E-state index in [-0.39, 0.29) is 17.9 Å². The second-order valence-electron chi connectivity index (χ2n) is 6.15. The number of rotatable bonds is 3. The van der Waals surface area contributed by atoms with E-state index in [2.05, 4.69) is 4.98 Å². The standard InChI is InChI=1S/C18H22N2O3/c1-12(21)14-4-3-9-20(11-14)18(22)17-7-5-13-10-15(23-2)6-8-16(13)19-17/h5-8,10,12,14,21H,3-4,9,11H2,1-2H3. The fraction of sp³-hybridized carbons (Fsp3) is 0.444. The zero-order valence-electron chi connectivity index (χ0n) is 13.5. The highest BCUT2D eigenvalue weighted by atomic mass is 16.5. The van der Waals surface area contributed by atoms with Gasteiger partial charge in [0.15, 0.2) is 0 Å². The molecule has 1 aliphatic heterocycles. The van der Waals surface area contributed by atoms with Gasteiger partial charge in [0, 0.05) is 24.4 Å². The molecule has 2 aromatic rings. The van der Waals surface area contributed by atoms with Crippen molar-refractivity contribution in [2.45, 2.75) is 25.9 Å². The summed E-state index contributed by atoms with van der Waals surface area (Å²) in [6.45, 7) is 3.11. The molecule has 3 rings (SSSR count). The molecule has 0 radical (unpaired) electrons. The molecule has 1 saturated heterocycles. The number of aliphatic hydroxyl groups excluding tert-OH is 1. The van der Waals surface area contributed by atoms with Crippen molar-refractivity contribution in [3.8, 4) is 5.75 Å². The van der Waals surface area contributed by atoms with Crippen LogP contribution in [0, 0.1) is 5.92 Å². The van der Waals surface area contributed by atoms with Crippen molar-refractivity contribution >= 4 is 16.8 Å². The van der Waals surface area contributed by atoms with Crippen molar-refractivity contribution in [3.63, 3.8) is 0 Å². The van der Waals surface area contributed by atoms with E-state index >= 15 is 0 Å². The van der Waals surface area contributed by atoms with Gasteiger partial charge in [0.2, 0.25) is 0 Å². The number of nitrogens with zero attached hydrogens (tertiary/aromatic N) is 2. The molecule has 1 aliphatic rings. The summed E-state index contributed by atoms with van der Waals surface area (Å²) >= 11 is 0. The van der Waals surface area contributed by atoms with E-state index in [1.54, 1.807) is 25.0 Å². The monoisotopic (exact) mass is 314 g/mol. The Morgan fingerprint density at radius 1 is 1.39 bits per heavy atom. The van der Waals surface area contributed by atoms with Crippen molar-refractivity contribution in [1.82, 2.24) is 9.88 Å². The molecular formula is C18H22N2O3. The van der Waals surface area contributed by atoms with Crippen LogP contribution in [0.25, 0.3) is 10.9 Å². The van der Waals surface area contributed by atoms with E-state index in [1.165, 1.54) is 0 Å². The van der Waals surface area contributed by atoms with Crippen LogP contribution in [-0.4, -0.2) is 47.2 Å². The Morgan fingerprint density at radius 2 is 2.22 bits per heavy atom. The van der Waals surface area contributed by atoms with E-state index in [9.17, 15) is 9.90 Å². The van der Waals surface area contributed by atoms with Crippen molar-refractivity contribution in [1.29, 1.82) is 0 Å². The number of amides is 1. The van der Waals surface area contributed by atoms with E-state index in [0.29, 0.717) is 12.2 Å². The topological polar surface area (TPSA) is 62.7 Å². The number of hydrogen-bond donors (Lipinski definition) is 1. The van der Waals surface area contributed by atoms with Gasteiger partial charge in [-0.1, -0.05) is 6.07 Å². The summed E-state index contributed by atoms with van der Waals surface area (Å²) in [7, 11) is 1.63. The van der Waals surface area contributed by atoms with Crippen LogP contribution in [0.3, 0.4) is 0 Å². The lowest BCUT2D eigenvalue weighted by molar-refractivity contribution is 0.0462. The van der Waals surface area contributed by atoms with E-state index in [1.807, 2.05) is 24.3 Å². The largest absolute Gasteiger partial charge is 0.497 e. The predicted octanol–water partition coefficient (Wildman–Crippen LogP) is 2.48. The summed E-state index contributed by atoms with van der Waals surface area (Å²) < 4.78 is 5.20. The summed E-state index contributed by atoms with van der Waals surface area (Å²) in [5, 5.41) is 10.7. The van der Waals surface area contributed by atoms with Gasteiger partial charge in [0.1, 0.15) is 11.4 Å². The number of ether oxygens (including phenoxy) is 1. The number of aromatic nitrogens is 1. The Morgan fingerprint density at radius 3 is 2.96 bits per heavy atom. The van der Waals surface area contributed by atoms with Gasteiger partial charge in [-0.25, -0.2) is 4.98 Å². The Kier molecular flexibility index (Phi) is 4.48. The number of fused-ring (bicyclic) bond motifs is 1. The van der Waals surface area contributed by atoms with Gasteiger partial charge in [-0.3, -0.25) is 4.79 Å². The average Bonchev–Trinajstić information content (AvgIpc) is 2.60. The molecule has 1 amide bonds. The van der Waals surface area contributed by atoms with Gasteiger partial charge >= 0.3 is 0 Å². The molecule has 0 spiro atoms. The molecule has 1 fully saturated rings. The van der Waals surface area contributed by atoms with Gasteiger partial charge in [0.05, 0.1) is 18.7 Å². The first-order valence-corrected chi connectivity index (χ1v) is 8.00. The Bertz CT molecular complexity index is 714. The van der Waals surface area contributed by atoms with E-state index in [4.69, 9.17) is 4.74 Å². The van der Waals surface area contributed by atoms with E-state index in [0.717, 1.165) is 36.0 Å². The number of methoxy groups -OCH3 is 1. The lowest BCUT2D eigenvalue weighted by atomic mass is 9.93. The summed E-state index contributed by atoms with van der Waals surface area (Å²) in [4.78, 5) is 19.0. The minimum atomic E-state index is -0.386. The summed E-state index contributed by atoms with van der Waals surface area (Å²) in [6.07, 6.45) is 1.50. The van der Waals surface area contributed by atoms with Crippen LogP contribution in [0.1, 0.15) is 30.3 Å². The quantitative estimate of drug-likeness (QED) is 0.945. The summed E-state index contributed by atoms with van der Waals surface area (Å²) in [5.41, 5.74) is 1.23. The number of benzene rings is 1. The maximum Gasteiger partial charge on any atom is 0.272 e. The van der Waals surface area contributed by atoms with Crippen LogP contribution < -0.4 is 4.74 Å². The number of pyridine rings is 1. The molecule has 122 valence electrons. The van der Waals surface area contributed by atoms with Gasteiger partial charge in [-0.05, 0) is 44.0 Å². The molecular weight excluding hydrogens is 292 g/mol. The second kappa shape index (κ2) is 6.54. The molecule has 0 saturated carbocycles. The highest BCUT2D eigenvalue weighted by Gasteiger charge is 2.27. The zero-order valence-corrected chi connectivity index (χ0v) is 13.5. The van der Waals surface area contributed by atoms with Crippen LogP contribution in [0.5, 0.6) is 5.75 Å². The fourth-order valence-electron chi connectivity index (χ4n) is 3.10. The number of aliphatic hydroxyl groups is 1. The molecule has 23 heavy (non-hydrogen) atoms. The first-order valence-electron chi connectivity index (χ1n) is 8.00. The first kappa shape index (κ1) is 15.7. The molecule has 5 nitrogen and oxygen atoms in total. The summed E-state index contributed by atoms with van der Waals surface area (Å²) in [6, 6.07) is 9.26. The SMILES string of the molecule is COc1ccc2nc(C(=O)N3CCCC(C(C)O)C3)ccc2c1. The molecule has 1 aromatic carbocycles. The van der Waals surface area contributed by atoms with Crippen LogP contribution in [-0.2, 0) is 0 Å². The van der Waals surface area contributed by atoms with Gasteiger partial charge in [0.25, 0.3) is 5.91 Å². The van der Waals surface area contributed by atoms with Gasteiger partial charge in [-0.2, -0.15) is 0 Å². The third-order valence-electron chi connectivity index (χ3n) is 4.54. The van der Waals surface area contributed by atoms with Crippen molar-refractivity contribution in [2.75, 3.05) is 20.2 Å². The molecule has 2 heterocycles. The average molecular weight is 314 g/mol. The van der Waals surface area contributed by atoms with Crippen LogP contribution in [0.4, 0.5) is 0 Å². The van der Waals surface area contributed by atoms with Crippen LogP contribution >= 0.6 is 0 Å². The highest BCUT2D eigenvalue weighted by Crippen LogP contribution is 2.23. The minimum absolute atomic E-state index is 0.0620. The minimum Gasteiger partial charge on any atom is -0.497 e. The lowest BCUT2D eigenvalue weighted by Crippen LogP contribution is -2.43. The van der Waals surface area contributed by atoms with Crippen molar-refractivity contribution < 1.29 is 14.6 Å². The molecule has 2 unspecified atom stereocenters. The molecule has 1 N–H and O–H groups in total. The third kappa shape index (κ3) is 3.29. The van der Waals surface area contributed by atoms with E-state index < -0.39 is 0 Å². The van der Waals surface area contributed by atoms with Gasteiger partial charge < -0.3 is 14.7 Å². The molecule has 2 atom stereocenters. The third-order valence-corrected chi connectivity index (χ3v) is 4.54. The number of carbonyl (C=O) groups excluding carboxylic acids is 1. The molecule has 1 aromatic heterocycles. The second-order valence-corrected chi connectivity index (χ2v) is 6.15. The highest BCUT2D eigenvalue weighted by molar-refractivity contribution is 5.95. The predicted molar refractivity (Wildman–Crippen MR) is 88.6 cm³/mol. The molecule has 0 aliphatic carbocycles. The Hall–Kier alpha value is -2.14. The van der Waals surface area contributed by atoms with Crippen LogP contribution in [0.15, 0.2) is 30.3 Å². The van der Waals surface area contributed by atoms with Crippen LogP contribution in [0.2, 0.25) is 0 Å². The lowest BCUT2D eigenvalue weighted by Gasteiger charge is -2.34. The zero-order chi connectivity index (χ0) is 16.4. The molecule has 0 bridgehead atoms. The smallest absolute Gasteiger partial charge is 0.272 e. The van der Waals surface area contributed by atoms with Crippen molar-refractivity contribution in [2.24, 2.45) is 5.92 Å². The number of carbonyl (C=O) groups is 1. The number of likely N-dealkylation sites (tertiary alicyclic amines) is 1. The summed E-state index contributed by atoms with van der Waals surface area (Å²) in [5.74, 6) is 0.861.